The minimum absolute atomic E-state index is 0.00501. The van der Waals surface area contributed by atoms with Gasteiger partial charge in [-0.1, -0.05) is 6.07 Å². The summed E-state index contributed by atoms with van der Waals surface area (Å²) < 4.78 is 12.3. The highest BCUT2D eigenvalue weighted by Gasteiger charge is 2.16. The Morgan fingerprint density at radius 1 is 1.00 bits per heavy atom. The molecule has 8 heteroatoms. The van der Waals surface area contributed by atoms with Crippen molar-refractivity contribution < 1.29 is 14.3 Å². The molecule has 0 aliphatic heterocycles. The number of nitrogen functional groups attached to an aromatic ring is 1. The maximum absolute atomic E-state index is 12.7. The molecule has 1 heterocycles. The molecule has 0 spiro atoms. The van der Waals surface area contributed by atoms with Gasteiger partial charge >= 0.3 is 0 Å². The first-order valence-electron chi connectivity index (χ1n) is 9.39. The van der Waals surface area contributed by atoms with Gasteiger partial charge in [0.2, 0.25) is 11.9 Å². The minimum atomic E-state index is -0.379. The van der Waals surface area contributed by atoms with Crippen LogP contribution in [0.4, 0.5) is 17.6 Å². The Labute approximate surface area is 169 Å². The lowest BCUT2D eigenvalue weighted by Gasteiger charge is -2.10. The zero-order valence-electron chi connectivity index (χ0n) is 16.9. The highest BCUT2D eigenvalue weighted by molar-refractivity contribution is 5.97. The fourth-order valence-corrected chi connectivity index (χ4v) is 2.65. The quantitative estimate of drug-likeness (QED) is 0.626. The lowest BCUT2D eigenvalue weighted by molar-refractivity contribution is 0.0948. The van der Waals surface area contributed by atoms with E-state index < -0.39 is 0 Å². The highest BCUT2D eigenvalue weighted by atomic mass is 16.5. The standard InChI is InChI=1S/C21H25N5O3/c1-13(2)28-17-10-8-15(9-11-17)19(27)26-20(22)24-21(25-26)23-16-6-5-7-18(12-16)29-14(3)4/h5-14H,1-4H3,(H3,22,23,24,25). The van der Waals surface area contributed by atoms with Crippen molar-refractivity contribution in [2.75, 3.05) is 11.1 Å². The van der Waals surface area contributed by atoms with Crippen LogP contribution in [0.15, 0.2) is 48.5 Å². The van der Waals surface area contributed by atoms with Gasteiger partial charge in [0.05, 0.1) is 12.2 Å². The minimum Gasteiger partial charge on any atom is -0.491 e. The molecule has 0 fully saturated rings. The Morgan fingerprint density at radius 2 is 1.66 bits per heavy atom. The molecule has 3 rings (SSSR count). The number of nitrogens with zero attached hydrogens (tertiary/aromatic N) is 3. The first-order chi connectivity index (χ1) is 13.8. The van der Waals surface area contributed by atoms with E-state index in [0.717, 1.165) is 16.1 Å². The summed E-state index contributed by atoms with van der Waals surface area (Å²) in [5.74, 6) is 1.24. The lowest BCUT2D eigenvalue weighted by Crippen LogP contribution is -2.16. The summed E-state index contributed by atoms with van der Waals surface area (Å²) >= 11 is 0. The van der Waals surface area contributed by atoms with Crippen molar-refractivity contribution in [3.8, 4) is 11.5 Å². The number of benzene rings is 2. The maximum atomic E-state index is 12.7. The molecule has 0 amide bonds. The number of anilines is 3. The van der Waals surface area contributed by atoms with E-state index in [0.29, 0.717) is 11.3 Å². The second kappa shape index (κ2) is 8.64. The van der Waals surface area contributed by atoms with Crippen LogP contribution in [0, 0.1) is 0 Å². The predicted octanol–water partition coefficient (Wildman–Crippen LogP) is 3.87. The summed E-state index contributed by atoms with van der Waals surface area (Å²) in [7, 11) is 0. The molecule has 0 saturated carbocycles. The van der Waals surface area contributed by atoms with Gasteiger partial charge in [0.15, 0.2) is 0 Å². The summed E-state index contributed by atoms with van der Waals surface area (Å²) in [6, 6.07) is 14.2. The van der Waals surface area contributed by atoms with Gasteiger partial charge in [-0.25, -0.2) is 0 Å². The average molecular weight is 395 g/mol. The van der Waals surface area contributed by atoms with Gasteiger partial charge in [0.25, 0.3) is 5.91 Å². The van der Waals surface area contributed by atoms with Crippen molar-refractivity contribution in [2.45, 2.75) is 39.9 Å². The van der Waals surface area contributed by atoms with Gasteiger partial charge in [-0.2, -0.15) is 9.67 Å². The fraction of sp³-hybridized carbons (Fsp3) is 0.286. The van der Waals surface area contributed by atoms with Gasteiger partial charge in [-0.15, -0.1) is 5.10 Å². The van der Waals surface area contributed by atoms with Crippen LogP contribution in [-0.4, -0.2) is 32.9 Å². The molecule has 0 atom stereocenters. The van der Waals surface area contributed by atoms with E-state index in [1.54, 1.807) is 24.3 Å². The van der Waals surface area contributed by atoms with Crippen molar-refractivity contribution in [1.29, 1.82) is 0 Å². The van der Waals surface area contributed by atoms with Gasteiger partial charge in [-0.05, 0) is 64.1 Å². The Bertz CT molecular complexity index is 980. The molecule has 29 heavy (non-hydrogen) atoms. The molecule has 2 aromatic carbocycles. The van der Waals surface area contributed by atoms with Crippen LogP contribution in [-0.2, 0) is 0 Å². The SMILES string of the molecule is CC(C)Oc1ccc(C(=O)n2nc(Nc3cccc(OC(C)C)c3)nc2N)cc1. The van der Waals surface area contributed by atoms with E-state index in [4.69, 9.17) is 15.2 Å². The van der Waals surface area contributed by atoms with Crippen LogP contribution in [0.2, 0.25) is 0 Å². The molecule has 152 valence electrons. The van der Waals surface area contributed by atoms with Crippen molar-refractivity contribution in [3.05, 3.63) is 54.1 Å². The molecule has 0 bridgehead atoms. The van der Waals surface area contributed by atoms with Crippen molar-refractivity contribution >= 4 is 23.5 Å². The predicted molar refractivity (Wildman–Crippen MR) is 112 cm³/mol. The first kappa shape index (κ1) is 20.2. The van der Waals surface area contributed by atoms with Crippen LogP contribution in [0.25, 0.3) is 0 Å². The van der Waals surface area contributed by atoms with E-state index in [9.17, 15) is 4.79 Å². The van der Waals surface area contributed by atoms with Crippen LogP contribution < -0.4 is 20.5 Å². The maximum Gasteiger partial charge on any atom is 0.281 e. The van der Waals surface area contributed by atoms with Crippen LogP contribution in [0.3, 0.4) is 0 Å². The van der Waals surface area contributed by atoms with Crippen LogP contribution in [0.5, 0.6) is 11.5 Å². The second-order valence-electron chi connectivity index (χ2n) is 7.02. The Balaban J connectivity index is 1.75. The normalized spacial score (nSPS) is 11.0. The number of rotatable bonds is 7. The molecule has 0 aliphatic rings. The Morgan fingerprint density at radius 3 is 2.31 bits per heavy atom. The zero-order chi connectivity index (χ0) is 21.0. The number of carbonyl (C=O) groups excluding carboxylic acids is 1. The Kier molecular flexibility index (Phi) is 6.01. The number of aromatic nitrogens is 3. The van der Waals surface area contributed by atoms with Gasteiger partial charge in [0, 0.05) is 17.3 Å². The largest absolute Gasteiger partial charge is 0.491 e. The molecule has 8 nitrogen and oxygen atoms in total. The number of hydrogen-bond acceptors (Lipinski definition) is 7. The van der Waals surface area contributed by atoms with E-state index in [-0.39, 0.29) is 30.0 Å². The molecule has 3 N–H and O–H groups in total. The molecular weight excluding hydrogens is 370 g/mol. The molecule has 0 aliphatic carbocycles. The molecule has 0 radical (unpaired) electrons. The van der Waals surface area contributed by atoms with Crippen LogP contribution >= 0.6 is 0 Å². The van der Waals surface area contributed by atoms with Crippen LogP contribution in [0.1, 0.15) is 38.1 Å². The molecular formula is C21H25N5O3. The summed E-state index contributed by atoms with van der Waals surface area (Å²) in [6.07, 6.45) is 0.119. The third kappa shape index (κ3) is 5.25. The fourth-order valence-electron chi connectivity index (χ4n) is 2.65. The first-order valence-corrected chi connectivity index (χ1v) is 9.39. The Hall–Kier alpha value is -3.55. The van der Waals surface area contributed by atoms with E-state index >= 15 is 0 Å². The number of hydrogen-bond donors (Lipinski definition) is 2. The third-order valence-electron chi connectivity index (χ3n) is 3.76. The molecule has 1 aromatic heterocycles. The van der Waals surface area contributed by atoms with Gasteiger partial charge in [0.1, 0.15) is 11.5 Å². The number of ether oxygens (including phenoxy) is 2. The number of carbonyl (C=O) groups is 1. The van der Waals surface area contributed by atoms with E-state index in [1.165, 1.54) is 0 Å². The van der Waals surface area contributed by atoms with Gasteiger partial charge in [-0.3, -0.25) is 4.79 Å². The molecule has 0 unspecified atom stereocenters. The zero-order valence-corrected chi connectivity index (χ0v) is 16.9. The summed E-state index contributed by atoms with van der Waals surface area (Å²) in [5.41, 5.74) is 7.06. The van der Waals surface area contributed by atoms with E-state index in [2.05, 4.69) is 15.4 Å². The summed E-state index contributed by atoms with van der Waals surface area (Å²) in [4.78, 5) is 16.9. The van der Waals surface area contributed by atoms with E-state index in [1.807, 2.05) is 52.0 Å². The highest BCUT2D eigenvalue weighted by Crippen LogP contribution is 2.22. The molecule has 3 aromatic rings. The van der Waals surface area contributed by atoms with Crippen molar-refractivity contribution in [1.82, 2.24) is 14.8 Å². The molecule has 0 saturated heterocycles. The number of nitrogens with two attached hydrogens (primary N) is 1. The van der Waals surface area contributed by atoms with Crippen molar-refractivity contribution in [2.24, 2.45) is 0 Å². The smallest absolute Gasteiger partial charge is 0.281 e. The third-order valence-corrected chi connectivity index (χ3v) is 3.76. The summed E-state index contributed by atoms with van der Waals surface area (Å²) in [6.45, 7) is 7.79. The second-order valence-corrected chi connectivity index (χ2v) is 7.02. The average Bonchev–Trinajstić information content (AvgIpc) is 3.01. The van der Waals surface area contributed by atoms with Crippen molar-refractivity contribution in [3.63, 3.8) is 0 Å². The lowest BCUT2D eigenvalue weighted by atomic mass is 10.2. The van der Waals surface area contributed by atoms with Gasteiger partial charge < -0.3 is 20.5 Å². The number of nitrogens with one attached hydrogen (secondary N) is 1. The monoisotopic (exact) mass is 395 g/mol. The topological polar surface area (TPSA) is 104 Å². The summed E-state index contributed by atoms with van der Waals surface area (Å²) in [5, 5.41) is 7.23.